The van der Waals surface area contributed by atoms with Crippen LogP contribution in [0.3, 0.4) is 0 Å². The minimum absolute atomic E-state index is 0.0261. The van der Waals surface area contributed by atoms with Crippen LogP contribution in [0.1, 0.15) is 75.0 Å². The SMILES string of the molecule is CCOC(=O)CN(C(=O)c1ncoc1C(C)C)C1CCCCC1. The summed E-state index contributed by atoms with van der Waals surface area (Å²) in [6.45, 7) is 5.95. The van der Waals surface area contributed by atoms with Gasteiger partial charge in [0.2, 0.25) is 0 Å². The fourth-order valence-corrected chi connectivity index (χ4v) is 3.07. The zero-order valence-electron chi connectivity index (χ0n) is 14.2. The van der Waals surface area contributed by atoms with Gasteiger partial charge in [0.15, 0.2) is 12.1 Å². The third-order valence-electron chi connectivity index (χ3n) is 4.20. The number of oxazole rings is 1. The molecule has 0 spiro atoms. The Morgan fingerprint density at radius 1 is 1.35 bits per heavy atom. The van der Waals surface area contributed by atoms with Gasteiger partial charge in [-0.25, -0.2) is 4.98 Å². The number of rotatable bonds is 6. The Labute approximate surface area is 137 Å². The average Bonchev–Trinajstić information content (AvgIpc) is 3.03. The molecule has 1 aliphatic rings. The van der Waals surface area contributed by atoms with Gasteiger partial charge >= 0.3 is 5.97 Å². The first-order valence-electron chi connectivity index (χ1n) is 8.44. The van der Waals surface area contributed by atoms with E-state index in [1.807, 2.05) is 13.8 Å². The smallest absolute Gasteiger partial charge is 0.325 e. The van der Waals surface area contributed by atoms with Gasteiger partial charge in [-0.15, -0.1) is 0 Å². The molecular weight excluding hydrogens is 296 g/mol. The molecule has 1 amide bonds. The molecule has 0 atom stereocenters. The van der Waals surface area contributed by atoms with Crippen LogP contribution in [0.15, 0.2) is 10.8 Å². The molecule has 1 heterocycles. The van der Waals surface area contributed by atoms with Gasteiger partial charge < -0.3 is 14.1 Å². The predicted molar refractivity (Wildman–Crippen MR) is 85.1 cm³/mol. The standard InChI is InChI=1S/C17H26N2O4/c1-4-22-14(20)10-19(13-8-6-5-7-9-13)17(21)15-16(12(2)3)23-11-18-15/h11-13H,4-10H2,1-3H3. The van der Waals surface area contributed by atoms with Crippen molar-refractivity contribution >= 4 is 11.9 Å². The van der Waals surface area contributed by atoms with E-state index in [0.717, 1.165) is 25.7 Å². The lowest BCUT2D eigenvalue weighted by atomic mass is 9.93. The van der Waals surface area contributed by atoms with Crippen molar-refractivity contribution < 1.29 is 18.7 Å². The first-order chi connectivity index (χ1) is 11.0. The number of ether oxygens (including phenoxy) is 1. The predicted octanol–water partition coefficient (Wildman–Crippen LogP) is 3.14. The molecule has 0 saturated heterocycles. The van der Waals surface area contributed by atoms with E-state index in [9.17, 15) is 9.59 Å². The molecule has 23 heavy (non-hydrogen) atoms. The van der Waals surface area contributed by atoms with Gasteiger partial charge in [0.05, 0.1) is 6.61 Å². The van der Waals surface area contributed by atoms with Crippen molar-refractivity contribution in [3.63, 3.8) is 0 Å². The quantitative estimate of drug-likeness (QED) is 0.752. The summed E-state index contributed by atoms with van der Waals surface area (Å²) in [5.41, 5.74) is 0.315. The second-order valence-corrected chi connectivity index (χ2v) is 6.25. The molecule has 2 rings (SSSR count). The summed E-state index contributed by atoms with van der Waals surface area (Å²) in [4.78, 5) is 30.6. The Morgan fingerprint density at radius 3 is 2.65 bits per heavy atom. The minimum Gasteiger partial charge on any atom is -0.465 e. The summed E-state index contributed by atoms with van der Waals surface area (Å²) in [5, 5.41) is 0. The summed E-state index contributed by atoms with van der Waals surface area (Å²) in [6.07, 6.45) is 6.46. The van der Waals surface area contributed by atoms with E-state index in [0.29, 0.717) is 18.1 Å². The Bertz CT molecular complexity index is 532. The minimum atomic E-state index is -0.374. The zero-order chi connectivity index (χ0) is 16.8. The van der Waals surface area contributed by atoms with Crippen molar-refractivity contribution in [3.05, 3.63) is 17.8 Å². The maximum absolute atomic E-state index is 13.0. The van der Waals surface area contributed by atoms with E-state index < -0.39 is 0 Å². The van der Waals surface area contributed by atoms with E-state index in [1.54, 1.807) is 11.8 Å². The molecule has 0 unspecified atom stereocenters. The molecule has 1 aromatic rings. The lowest BCUT2D eigenvalue weighted by Gasteiger charge is -2.33. The van der Waals surface area contributed by atoms with E-state index in [-0.39, 0.29) is 30.4 Å². The van der Waals surface area contributed by atoms with Gasteiger partial charge in [-0.2, -0.15) is 0 Å². The van der Waals surface area contributed by atoms with Crippen molar-refractivity contribution in [2.24, 2.45) is 0 Å². The van der Waals surface area contributed by atoms with Gasteiger partial charge in [-0.05, 0) is 19.8 Å². The number of esters is 1. The molecule has 0 radical (unpaired) electrons. The highest BCUT2D eigenvalue weighted by atomic mass is 16.5. The Kier molecular flexibility index (Phi) is 6.19. The lowest BCUT2D eigenvalue weighted by molar-refractivity contribution is -0.144. The van der Waals surface area contributed by atoms with Crippen LogP contribution < -0.4 is 0 Å². The molecule has 1 aromatic heterocycles. The molecule has 6 heteroatoms. The van der Waals surface area contributed by atoms with Crippen LogP contribution in [0.5, 0.6) is 0 Å². The van der Waals surface area contributed by atoms with Crippen LogP contribution in [-0.2, 0) is 9.53 Å². The van der Waals surface area contributed by atoms with Crippen molar-refractivity contribution in [1.82, 2.24) is 9.88 Å². The summed E-state index contributed by atoms with van der Waals surface area (Å²) >= 11 is 0. The van der Waals surface area contributed by atoms with Crippen LogP contribution in [0, 0.1) is 0 Å². The first kappa shape index (κ1) is 17.5. The molecule has 128 valence electrons. The van der Waals surface area contributed by atoms with Crippen LogP contribution in [0.4, 0.5) is 0 Å². The van der Waals surface area contributed by atoms with E-state index >= 15 is 0 Å². The fraction of sp³-hybridized carbons (Fsp3) is 0.706. The highest BCUT2D eigenvalue weighted by molar-refractivity contribution is 5.95. The van der Waals surface area contributed by atoms with Gasteiger partial charge in [0, 0.05) is 12.0 Å². The summed E-state index contributed by atoms with van der Waals surface area (Å²) in [5.74, 6) is 0.0235. The van der Waals surface area contributed by atoms with Crippen LogP contribution in [0.2, 0.25) is 0 Å². The van der Waals surface area contributed by atoms with Crippen molar-refractivity contribution in [2.45, 2.75) is 64.8 Å². The van der Waals surface area contributed by atoms with E-state index in [1.165, 1.54) is 12.8 Å². The monoisotopic (exact) mass is 322 g/mol. The molecule has 6 nitrogen and oxygen atoms in total. The highest BCUT2D eigenvalue weighted by Gasteiger charge is 2.32. The Hall–Kier alpha value is -1.85. The normalized spacial score (nSPS) is 15.7. The van der Waals surface area contributed by atoms with Gasteiger partial charge in [0.1, 0.15) is 12.3 Å². The molecule has 1 saturated carbocycles. The number of carbonyl (C=O) groups is 2. The van der Waals surface area contributed by atoms with Crippen molar-refractivity contribution in [1.29, 1.82) is 0 Å². The van der Waals surface area contributed by atoms with Crippen molar-refractivity contribution in [3.8, 4) is 0 Å². The van der Waals surface area contributed by atoms with E-state index in [4.69, 9.17) is 9.15 Å². The Balaban J connectivity index is 2.22. The van der Waals surface area contributed by atoms with Crippen LogP contribution >= 0.6 is 0 Å². The number of amides is 1. The third kappa shape index (κ3) is 4.33. The molecule has 1 aliphatic carbocycles. The fourth-order valence-electron chi connectivity index (χ4n) is 3.07. The molecular formula is C17H26N2O4. The molecule has 1 fully saturated rings. The maximum Gasteiger partial charge on any atom is 0.325 e. The van der Waals surface area contributed by atoms with Gasteiger partial charge in [-0.1, -0.05) is 33.1 Å². The molecule has 0 aromatic carbocycles. The second kappa shape index (κ2) is 8.13. The Morgan fingerprint density at radius 2 is 2.04 bits per heavy atom. The summed E-state index contributed by atoms with van der Waals surface area (Å²) in [6, 6.07) is 0.0670. The van der Waals surface area contributed by atoms with Crippen molar-refractivity contribution in [2.75, 3.05) is 13.2 Å². The van der Waals surface area contributed by atoms with Gasteiger partial charge in [-0.3, -0.25) is 9.59 Å². The number of carbonyl (C=O) groups excluding carboxylic acids is 2. The largest absolute Gasteiger partial charge is 0.465 e. The van der Waals surface area contributed by atoms with Crippen LogP contribution in [-0.4, -0.2) is 41.0 Å². The highest BCUT2D eigenvalue weighted by Crippen LogP contribution is 2.26. The second-order valence-electron chi connectivity index (χ2n) is 6.25. The zero-order valence-corrected chi connectivity index (χ0v) is 14.2. The molecule has 0 N–H and O–H groups in total. The number of hydrogen-bond donors (Lipinski definition) is 0. The number of nitrogens with zero attached hydrogens (tertiary/aromatic N) is 2. The van der Waals surface area contributed by atoms with E-state index in [2.05, 4.69) is 4.98 Å². The lowest BCUT2D eigenvalue weighted by Crippen LogP contribution is -2.45. The third-order valence-corrected chi connectivity index (χ3v) is 4.20. The molecule has 0 aliphatic heterocycles. The average molecular weight is 322 g/mol. The maximum atomic E-state index is 13.0. The summed E-state index contributed by atoms with van der Waals surface area (Å²) in [7, 11) is 0. The molecule has 0 bridgehead atoms. The van der Waals surface area contributed by atoms with Crippen LogP contribution in [0.25, 0.3) is 0 Å². The topological polar surface area (TPSA) is 72.6 Å². The number of aromatic nitrogens is 1. The first-order valence-corrected chi connectivity index (χ1v) is 8.44. The number of hydrogen-bond acceptors (Lipinski definition) is 5. The summed E-state index contributed by atoms with van der Waals surface area (Å²) < 4.78 is 10.4. The van der Waals surface area contributed by atoms with Gasteiger partial charge in [0.25, 0.3) is 5.91 Å².